The van der Waals surface area contributed by atoms with Crippen LogP contribution in [-0.4, -0.2) is 22.0 Å². The zero-order chi connectivity index (χ0) is 16.4. The lowest BCUT2D eigenvalue weighted by atomic mass is 9.89. The first kappa shape index (κ1) is 16.2. The van der Waals surface area contributed by atoms with Crippen LogP contribution in [0.15, 0.2) is 11.1 Å². The molecule has 0 spiro atoms. The monoisotopic (exact) mass is 333 g/mol. The van der Waals surface area contributed by atoms with Crippen molar-refractivity contribution in [2.24, 2.45) is 5.92 Å². The van der Waals surface area contributed by atoms with Crippen molar-refractivity contribution in [3.05, 3.63) is 27.1 Å². The number of hydrogen-bond donors (Lipinski definition) is 1. The molecule has 2 aromatic heterocycles. The zero-order valence-electron chi connectivity index (χ0n) is 13.7. The number of aromatic nitrogens is 2. The Hall–Kier alpha value is -1.69. The molecule has 1 aliphatic rings. The van der Waals surface area contributed by atoms with E-state index in [-0.39, 0.29) is 18.0 Å². The van der Waals surface area contributed by atoms with Gasteiger partial charge in [-0.2, -0.15) is 0 Å². The summed E-state index contributed by atoms with van der Waals surface area (Å²) >= 11 is 1.64. The van der Waals surface area contributed by atoms with Crippen LogP contribution in [0.1, 0.15) is 43.6 Å². The molecule has 0 fully saturated rings. The predicted molar refractivity (Wildman–Crippen MR) is 93.0 cm³/mol. The summed E-state index contributed by atoms with van der Waals surface area (Å²) in [5.74, 6) is 0.543. The minimum Gasteiger partial charge on any atom is -0.355 e. The van der Waals surface area contributed by atoms with Crippen molar-refractivity contribution in [2.75, 3.05) is 6.54 Å². The first-order valence-electron chi connectivity index (χ1n) is 8.36. The fourth-order valence-corrected chi connectivity index (χ4v) is 4.43. The molecular formula is C17H23N3O2S. The van der Waals surface area contributed by atoms with Crippen molar-refractivity contribution < 1.29 is 4.79 Å². The van der Waals surface area contributed by atoms with Gasteiger partial charge in [0.2, 0.25) is 5.91 Å². The molecule has 2 heterocycles. The maximum absolute atomic E-state index is 12.8. The van der Waals surface area contributed by atoms with Crippen molar-refractivity contribution in [2.45, 2.75) is 52.5 Å². The number of nitrogens with zero attached hydrogens (tertiary/aromatic N) is 2. The summed E-state index contributed by atoms with van der Waals surface area (Å²) in [6.07, 6.45) is 6.59. The Labute approximate surface area is 139 Å². The van der Waals surface area contributed by atoms with E-state index in [1.54, 1.807) is 11.3 Å². The Morgan fingerprint density at radius 2 is 2.35 bits per heavy atom. The molecule has 0 aromatic carbocycles. The maximum Gasteiger partial charge on any atom is 0.262 e. The van der Waals surface area contributed by atoms with Crippen LogP contribution in [0, 0.1) is 5.92 Å². The molecule has 1 amide bonds. The molecule has 124 valence electrons. The second-order valence-corrected chi connectivity index (χ2v) is 7.50. The highest BCUT2D eigenvalue weighted by Gasteiger charge is 2.23. The van der Waals surface area contributed by atoms with Gasteiger partial charge in [-0.25, -0.2) is 4.98 Å². The van der Waals surface area contributed by atoms with Gasteiger partial charge in [-0.15, -0.1) is 11.3 Å². The first-order chi connectivity index (χ1) is 11.1. The van der Waals surface area contributed by atoms with E-state index in [9.17, 15) is 9.59 Å². The SMILES string of the molecule is CCCCNC(=O)Cn1cnc2sc3c(c2c1=O)CC[C@H](C)C3. The molecule has 3 rings (SSSR count). The number of unbranched alkanes of at least 4 members (excludes halogenated alkanes) is 1. The molecule has 2 aromatic rings. The minimum absolute atomic E-state index is 0.0481. The lowest BCUT2D eigenvalue weighted by Crippen LogP contribution is -2.33. The van der Waals surface area contributed by atoms with Gasteiger partial charge in [0.25, 0.3) is 5.56 Å². The molecule has 1 N–H and O–H groups in total. The zero-order valence-corrected chi connectivity index (χ0v) is 14.5. The largest absolute Gasteiger partial charge is 0.355 e. The third kappa shape index (κ3) is 3.32. The molecule has 0 saturated carbocycles. The molecular weight excluding hydrogens is 310 g/mol. The second-order valence-electron chi connectivity index (χ2n) is 6.41. The smallest absolute Gasteiger partial charge is 0.262 e. The third-order valence-electron chi connectivity index (χ3n) is 4.45. The van der Waals surface area contributed by atoms with Gasteiger partial charge in [0.05, 0.1) is 11.7 Å². The van der Waals surface area contributed by atoms with Crippen molar-refractivity contribution in [1.29, 1.82) is 0 Å². The average Bonchev–Trinajstić information content (AvgIpc) is 2.88. The Balaban J connectivity index is 1.87. The maximum atomic E-state index is 12.8. The fraction of sp³-hybridized carbons (Fsp3) is 0.588. The summed E-state index contributed by atoms with van der Waals surface area (Å²) < 4.78 is 1.44. The van der Waals surface area contributed by atoms with Gasteiger partial charge in [-0.05, 0) is 37.2 Å². The van der Waals surface area contributed by atoms with Gasteiger partial charge in [-0.3, -0.25) is 14.2 Å². The van der Waals surface area contributed by atoms with Gasteiger partial charge in [0.15, 0.2) is 0 Å². The summed E-state index contributed by atoms with van der Waals surface area (Å²) in [5.41, 5.74) is 1.09. The Morgan fingerprint density at radius 3 is 3.13 bits per heavy atom. The van der Waals surface area contributed by atoms with Crippen molar-refractivity contribution in [1.82, 2.24) is 14.9 Å². The number of amides is 1. The molecule has 1 atom stereocenters. The number of fused-ring (bicyclic) bond motifs is 3. The molecule has 1 aliphatic carbocycles. The van der Waals surface area contributed by atoms with E-state index >= 15 is 0 Å². The van der Waals surface area contributed by atoms with Crippen LogP contribution in [0.25, 0.3) is 10.2 Å². The highest BCUT2D eigenvalue weighted by Crippen LogP contribution is 2.35. The molecule has 23 heavy (non-hydrogen) atoms. The summed E-state index contributed by atoms with van der Waals surface area (Å²) in [6.45, 7) is 5.03. The highest BCUT2D eigenvalue weighted by atomic mass is 32.1. The van der Waals surface area contributed by atoms with Crippen molar-refractivity contribution in [3.8, 4) is 0 Å². The van der Waals surface area contributed by atoms with Crippen molar-refractivity contribution in [3.63, 3.8) is 0 Å². The van der Waals surface area contributed by atoms with E-state index in [0.717, 1.165) is 42.3 Å². The number of hydrogen-bond acceptors (Lipinski definition) is 4. The van der Waals surface area contributed by atoms with Crippen LogP contribution >= 0.6 is 11.3 Å². The predicted octanol–water partition coefficient (Wildman–Crippen LogP) is 2.50. The fourth-order valence-electron chi connectivity index (χ4n) is 3.09. The van der Waals surface area contributed by atoms with E-state index in [1.807, 2.05) is 0 Å². The van der Waals surface area contributed by atoms with Gasteiger partial charge in [0, 0.05) is 11.4 Å². The molecule has 0 aliphatic heterocycles. The summed E-state index contributed by atoms with van der Waals surface area (Å²) in [7, 11) is 0. The Kier molecular flexibility index (Phi) is 4.80. The second kappa shape index (κ2) is 6.83. The minimum atomic E-state index is -0.126. The standard InChI is InChI=1S/C17H23N3O2S/c1-3-4-7-18-14(21)9-20-10-19-16-15(17(20)22)12-6-5-11(2)8-13(12)23-16/h10-11H,3-9H2,1-2H3,(H,18,21)/t11-/m0/s1. The Morgan fingerprint density at radius 1 is 1.52 bits per heavy atom. The average molecular weight is 333 g/mol. The number of carbonyl (C=O) groups is 1. The van der Waals surface area contributed by atoms with Crippen molar-refractivity contribution >= 4 is 27.5 Å². The number of carbonyl (C=O) groups excluding carboxylic acids is 1. The lowest BCUT2D eigenvalue weighted by molar-refractivity contribution is -0.121. The summed E-state index contributed by atoms with van der Waals surface area (Å²) in [4.78, 5) is 31.2. The normalized spacial score (nSPS) is 17.2. The van der Waals surface area contributed by atoms with Gasteiger partial charge in [0.1, 0.15) is 11.4 Å². The van der Waals surface area contributed by atoms with Gasteiger partial charge >= 0.3 is 0 Å². The summed E-state index contributed by atoms with van der Waals surface area (Å²) in [6, 6.07) is 0. The van der Waals surface area contributed by atoms with Crippen LogP contribution in [-0.2, 0) is 24.2 Å². The highest BCUT2D eigenvalue weighted by molar-refractivity contribution is 7.18. The van der Waals surface area contributed by atoms with Crippen LogP contribution < -0.4 is 10.9 Å². The first-order valence-corrected chi connectivity index (χ1v) is 9.18. The quantitative estimate of drug-likeness (QED) is 0.855. The number of aryl methyl sites for hydroxylation is 1. The van der Waals surface area contributed by atoms with E-state index in [0.29, 0.717) is 12.5 Å². The number of nitrogens with one attached hydrogen (secondary N) is 1. The van der Waals surface area contributed by atoms with E-state index < -0.39 is 0 Å². The van der Waals surface area contributed by atoms with E-state index in [4.69, 9.17) is 0 Å². The van der Waals surface area contributed by atoms with E-state index in [2.05, 4.69) is 24.1 Å². The molecule has 0 unspecified atom stereocenters. The summed E-state index contributed by atoms with van der Waals surface area (Å²) in [5, 5.41) is 3.58. The molecule has 0 radical (unpaired) electrons. The molecule has 6 heteroatoms. The number of rotatable bonds is 5. The number of thiophene rings is 1. The lowest BCUT2D eigenvalue weighted by Gasteiger charge is -2.17. The Bertz CT molecular complexity index is 778. The van der Waals surface area contributed by atoms with E-state index in [1.165, 1.54) is 21.3 Å². The van der Waals surface area contributed by atoms with Gasteiger partial charge < -0.3 is 5.32 Å². The molecule has 5 nitrogen and oxygen atoms in total. The van der Waals surface area contributed by atoms with Crippen LogP contribution in [0.2, 0.25) is 0 Å². The van der Waals surface area contributed by atoms with Gasteiger partial charge in [-0.1, -0.05) is 20.3 Å². The van der Waals surface area contributed by atoms with Crippen LogP contribution in [0.5, 0.6) is 0 Å². The molecule has 0 saturated heterocycles. The van der Waals surface area contributed by atoms with Crippen LogP contribution in [0.4, 0.5) is 0 Å². The van der Waals surface area contributed by atoms with Crippen LogP contribution in [0.3, 0.4) is 0 Å². The topological polar surface area (TPSA) is 64.0 Å². The third-order valence-corrected chi connectivity index (χ3v) is 5.61. The molecule has 0 bridgehead atoms.